The third-order valence-corrected chi connectivity index (χ3v) is 6.70. The number of aryl methyl sites for hydroxylation is 1. The lowest BCUT2D eigenvalue weighted by molar-refractivity contribution is 0.171. The van der Waals surface area contributed by atoms with Crippen LogP contribution in [0.5, 0.6) is 0 Å². The summed E-state index contributed by atoms with van der Waals surface area (Å²) in [6, 6.07) is 4.67. The summed E-state index contributed by atoms with van der Waals surface area (Å²) in [5.41, 5.74) is 1.71. The van der Waals surface area contributed by atoms with E-state index in [1.54, 1.807) is 6.07 Å². The van der Waals surface area contributed by atoms with Gasteiger partial charge in [0.25, 0.3) is 0 Å². The smallest absolute Gasteiger partial charge is 0.123 e. The van der Waals surface area contributed by atoms with Gasteiger partial charge in [0.1, 0.15) is 5.82 Å². The predicted octanol–water partition coefficient (Wildman–Crippen LogP) is 3.79. The van der Waals surface area contributed by atoms with Crippen LogP contribution in [0, 0.1) is 12.7 Å². The zero-order valence-corrected chi connectivity index (χ0v) is 12.4. The van der Waals surface area contributed by atoms with Gasteiger partial charge in [0.2, 0.25) is 0 Å². The minimum Gasteiger partial charge on any atom is -0.387 e. The molecule has 100 valence electrons. The third kappa shape index (κ3) is 3.03. The molecule has 1 saturated heterocycles. The normalized spacial score (nSPS) is 26.0. The van der Waals surface area contributed by atoms with Crippen molar-refractivity contribution in [3.63, 3.8) is 0 Å². The highest BCUT2D eigenvalue weighted by Gasteiger charge is 2.32. The molecule has 0 aliphatic carbocycles. The summed E-state index contributed by atoms with van der Waals surface area (Å²) in [5.74, 6) is 1.95. The minimum absolute atomic E-state index is 0.175. The van der Waals surface area contributed by atoms with Crippen LogP contribution in [-0.2, 0) is 0 Å². The summed E-state index contributed by atoms with van der Waals surface area (Å²) in [4.78, 5) is 0. The van der Waals surface area contributed by atoms with Crippen LogP contribution in [0.4, 0.5) is 4.39 Å². The zero-order chi connectivity index (χ0) is 13.1. The molecule has 0 aromatic heterocycles. The molecule has 0 spiro atoms. The first-order valence-electron chi connectivity index (χ1n) is 6.30. The number of rotatable bonds is 3. The van der Waals surface area contributed by atoms with Gasteiger partial charge in [0.05, 0.1) is 6.10 Å². The molecule has 1 N–H and O–H groups in total. The monoisotopic (exact) mass is 286 g/mol. The largest absolute Gasteiger partial charge is 0.387 e. The van der Waals surface area contributed by atoms with Crippen molar-refractivity contribution in [3.05, 3.63) is 35.1 Å². The molecule has 1 aliphatic heterocycles. The molecule has 18 heavy (non-hydrogen) atoms. The van der Waals surface area contributed by atoms with Crippen molar-refractivity contribution < 1.29 is 9.50 Å². The Morgan fingerprint density at radius 1 is 1.39 bits per heavy atom. The number of thioether (sulfide) groups is 2. The Bertz CT molecular complexity index is 411. The Morgan fingerprint density at radius 3 is 2.83 bits per heavy atom. The van der Waals surface area contributed by atoms with E-state index in [2.05, 4.69) is 6.92 Å². The number of benzene rings is 1. The minimum atomic E-state index is -0.566. The van der Waals surface area contributed by atoms with E-state index >= 15 is 0 Å². The molecule has 3 atom stereocenters. The molecule has 1 nitrogen and oxygen atoms in total. The van der Waals surface area contributed by atoms with Crippen molar-refractivity contribution in [2.75, 3.05) is 11.5 Å². The maximum absolute atomic E-state index is 13.3. The molecule has 1 aromatic rings. The fourth-order valence-electron chi connectivity index (χ4n) is 2.34. The third-order valence-electron chi connectivity index (χ3n) is 3.37. The van der Waals surface area contributed by atoms with Gasteiger partial charge >= 0.3 is 0 Å². The molecule has 1 heterocycles. The average Bonchev–Trinajstić information content (AvgIpc) is 2.40. The summed E-state index contributed by atoms with van der Waals surface area (Å²) < 4.78 is 13.3. The van der Waals surface area contributed by atoms with Gasteiger partial charge in [-0.1, -0.05) is 13.0 Å². The summed E-state index contributed by atoms with van der Waals surface area (Å²) in [5, 5.41) is 11.2. The van der Waals surface area contributed by atoms with Crippen LogP contribution in [0.2, 0.25) is 0 Å². The van der Waals surface area contributed by atoms with Gasteiger partial charge in [-0.15, -0.1) is 0 Å². The van der Waals surface area contributed by atoms with Gasteiger partial charge in [0, 0.05) is 22.0 Å². The second kappa shape index (κ2) is 6.31. The SMILES string of the molecule is CCC1SCCSC1C(O)c1cc(F)ccc1C. The molecular formula is C14H19FOS2. The van der Waals surface area contributed by atoms with Crippen molar-refractivity contribution in [2.24, 2.45) is 0 Å². The molecule has 1 fully saturated rings. The summed E-state index contributed by atoms with van der Waals surface area (Å²) in [7, 11) is 0. The second-order valence-corrected chi connectivity index (χ2v) is 7.23. The Hall–Kier alpha value is -0.190. The van der Waals surface area contributed by atoms with E-state index in [-0.39, 0.29) is 11.1 Å². The van der Waals surface area contributed by atoms with Gasteiger partial charge in [-0.2, -0.15) is 23.5 Å². The van der Waals surface area contributed by atoms with Crippen molar-refractivity contribution in [1.82, 2.24) is 0 Å². The van der Waals surface area contributed by atoms with Crippen LogP contribution >= 0.6 is 23.5 Å². The summed E-state index contributed by atoms with van der Waals surface area (Å²) >= 11 is 3.75. The number of hydrogen-bond donors (Lipinski definition) is 1. The topological polar surface area (TPSA) is 20.2 Å². The first-order chi connectivity index (χ1) is 8.63. The van der Waals surface area contributed by atoms with Gasteiger partial charge in [-0.25, -0.2) is 4.39 Å². The van der Waals surface area contributed by atoms with E-state index in [4.69, 9.17) is 0 Å². The molecule has 4 heteroatoms. The maximum atomic E-state index is 13.3. The molecule has 0 amide bonds. The lowest BCUT2D eigenvalue weighted by atomic mass is 9.98. The first kappa shape index (κ1) is 14.2. The second-order valence-electron chi connectivity index (χ2n) is 4.60. The van der Waals surface area contributed by atoms with E-state index in [0.29, 0.717) is 5.25 Å². The molecule has 0 bridgehead atoms. The number of halogens is 1. The fraction of sp³-hybridized carbons (Fsp3) is 0.571. The van der Waals surface area contributed by atoms with Crippen LogP contribution in [0.3, 0.4) is 0 Å². The Morgan fingerprint density at radius 2 is 2.11 bits per heavy atom. The average molecular weight is 286 g/mol. The fourth-order valence-corrected chi connectivity index (χ4v) is 5.46. The van der Waals surface area contributed by atoms with Crippen LogP contribution in [-0.4, -0.2) is 27.1 Å². The molecule has 0 radical (unpaired) electrons. The van der Waals surface area contributed by atoms with E-state index in [1.807, 2.05) is 30.4 Å². The van der Waals surface area contributed by atoms with Crippen LogP contribution in [0.1, 0.15) is 30.6 Å². The Kier molecular flexibility index (Phi) is 4.98. The van der Waals surface area contributed by atoms with Gasteiger partial charge in [0.15, 0.2) is 0 Å². The molecule has 0 saturated carbocycles. The van der Waals surface area contributed by atoms with Crippen LogP contribution in [0.15, 0.2) is 18.2 Å². The lowest BCUT2D eigenvalue weighted by Crippen LogP contribution is -2.31. The molecule has 1 aliphatic rings. The van der Waals surface area contributed by atoms with E-state index in [9.17, 15) is 9.50 Å². The quantitative estimate of drug-likeness (QED) is 0.913. The van der Waals surface area contributed by atoms with E-state index in [1.165, 1.54) is 12.1 Å². The summed E-state index contributed by atoms with van der Waals surface area (Å²) in [6.07, 6.45) is 0.483. The molecular weight excluding hydrogens is 267 g/mol. The highest BCUT2D eigenvalue weighted by Crippen LogP contribution is 2.40. The number of hydrogen-bond acceptors (Lipinski definition) is 3. The molecule has 2 rings (SSSR count). The standard InChI is InChI=1S/C14H19FOS2/c1-3-12-14(18-7-6-17-12)13(16)11-8-10(15)5-4-9(11)2/h4-5,8,12-14,16H,3,6-7H2,1-2H3. The first-order valence-corrected chi connectivity index (χ1v) is 8.40. The predicted molar refractivity (Wildman–Crippen MR) is 78.9 cm³/mol. The van der Waals surface area contributed by atoms with Crippen molar-refractivity contribution in [1.29, 1.82) is 0 Å². The zero-order valence-electron chi connectivity index (χ0n) is 10.7. The number of aliphatic hydroxyl groups is 1. The Balaban J connectivity index is 2.23. The highest BCUT2D eigenvalue weighted by molar-refractivity contribution is 8.07. The van der Waals surface area contributed by atoms with Crippen molar-refractivity contribution in [3.8, 4) is 0 Å². The maximum Gasteiger partial charge on any atom is 0.123 e. The molecule has 3 unspecified atom stereocenters. The van der Waals surface area contributed by atoms with E-state index in [0.717, 1.165) is 29.1 Å². The Labute approximate surface area is 117 Å². The van der Waals surface area contributed by atoms with E-state index < -0.39 is 6.10 Å². The number of aliphatic hydroxyl groups excluding tert-OH is 1. The van der Waals surface area contributed by atoms with Gasteiger partial charge in [-0.3, -0.25) is 0 Å². The van der Waals surface area contributed by atoms with Gasteiger partial charge < -0.3 is 5.11 Å². The lowest BCUT2D eigenvalue weighted by Gasteiger charge is -2.34. The molecule has 1 aromatic carbocycles. The van der Waals surface area contributed by atoms with Crippen molar-refractivity contribution in [2.45, 2.75) is 36.9 Å². The van der Waals surface area contributed by atoms with Crippen LogP contribution < -0.4 is 0 Å². The van der Waals surface area contributed by atoms with Crippen molar-refractivity contribution >= 4 is 23.5 Å². The summed E-state index contributed by atoms with van der Waals surface area (Å²) in [6.45, 7) is 4.08. The van der Waals surface area contributed by atoms with Gasteiger partial charge in [-0.05, 0) is 36.6 Å². The highest BCUT2D eigenvalue weighted by atomic mass is 32.2. The van der Waals surface area contributed by atoms with Crippen LogP contribution in [0.25, 0.3) is 0 Å².